The summed E-state index contributed by atoms with van der Waals surface area (Å²) >= 11 is 0. The Balaban J connectivity index is 2.63. The van der Waals surface area contributed by atoms with E-state index in [-0.39, 0.29) is 5.56 Å². The molecule has 0 bridgehead atoms. The molecule has 0 aliphatic rings. The summed E-state index contributed by atoms with van der Waals surface area (Å²) in [6.45, 7) is 0. The minimum Gasteiger partial charge on any atom is -0.502 e. The first kappa shape index (κ1) is 13.5. The Bertz CT molecular complexity index is 700. The van der Waals surface area contributed by atoms with Gasteiger partial charge in [0.2, 0.25) is 11.5 Å². The van der Waals surface area contributed by atoms with Crippen LogP contribution in [-0.4, -0.2) is 20.9 Å². The van der Waals surface area contributed by atoms with Crippen LogP contribution >= 0.6 is 0 Å². The van der Waals surface area contributed by atoms with E-state index in [1.54, 1.807) is 18.2 Å². The fraction of sp³-hybridized carbons (Fsp3) is 0. The zero-order chi connectivity index (χ0) is 14.9. The number of benzene rings is 2. The number of nitrogens with zero attached hydrogens (tertiary/aromatic N) is 1. The van der Waals surface area contributed by atoms with Crippen LogP contribution in [0.4, 0.5) is 10.1 Å². The first-order chi connectivity index (χ1) is 9.43. The summed E-state index contributed by atoms with van der Waals surface area (Å²) in [6.07, 6.45) is 0. The quantitative estimate of drug-likeness (QED) is 0.388. The van der Waals surface area contributed by atoms with Gasteiger partial charge in [-0.2, -0.15) is 0 Å². The highest BCUT2D eigenvalue weighted by atomic mass is 19.1. The summed E-state index contributed by atoms with van der Waals surface area (Å²) in [7, 11) is 0. The van der Waals surface area contributed by atoms with E-state index in [1.807, 2.05) is 0 Å². The van der Waals surface area contributed by atoms with Gasteiger partial charge in [-0.15, -0.1) is 0 Å². The maximum absolute atomic E-state index is 13.8. The molecule has 0 aliphatic carbocycles. The standard InChI is InChI=1S/C13H8FNO5/c14-10-8(11(16)7-4-2-1-3-5-7)6-9(15(19)20)12(17)13(10)18/h1-6,17-18H. The van der Waals surface area contributed by atoms with Crippen molar-refractivity contribution in [3.8, 4) is 11.5 Å². The Morgan fingerprint density at radius 2 is 1.75 bits per heavy atom. The number of nitro groups is 1. The number of carbonyl (C=O) groups is 1. The molecule has 0 unspecified atom stereocenters. The molecule has 20 heavy (non-hydrogen) atoms. The molecule has 0 saturated carbocycles. The Morgan fingerprint density at radius 1 is 1.15 bits per heavy atom. The molecular weight excluding hydrogens is 269 g/mol. The van der Waals surface area contributed by atoms with Crippen LogP contribution in [0.5, 0.6) is 11.5 Å². The molecule has 0 saturated heterocycles. The van der Waals surface area contributed by atoms with Gasteiger partial charge in [0, 0.05) is 11.6 Å². The second-order valence-corrected chi connectivity index (χ2v) is 3.91. The fourth-order valence-corrected chi connectivity index (χ4v) is 1.67. The van der Waals surface area contributed by atoms with Crippen molar-refractivity contribution in [3.63, 3.8) is 0 Å². The van der Waals surface area contributed by atoms with Crippen molar-refractivity contribution in [1.82, 2.24) is 0 Å². The fourth-order valence-electron chi connectivity index (χ4n) is 1.67. The van der Waals surface area contributed by atoms with E-state index in [4.69, 9.17) is 0 Å². The van der Waals surface area contributed by atoms with E-state index in [1.165, 1.54) is 12.1 Å². The lowest BCUT2D eigenvalue weighted by atomic mass is 10.0. The zero-order valence-corrected chi connectivity index (χ0v) is 9.91. The Labute approximate surface area is 111 Å². The minimum atomic E-state index is -1.40. The summed E-state index contributed by atoms with van der Waals surface area (Å²) in [5.74, 6) is -4.76. The summed E-state index contributed by atoms with van der Waals surface area (Å²) in [5.41, 5.74) is -1.52. The molecule has 102 valence electrons. The monoisotopic (exact) mass is 277 g/mol. The number of ketones is 1. The van der Waals surface area contributed by atoms with Gasteiger partial charge >= 0.3 is 5.69 Å². The molecule has 0 spiro atoms. The molecule has 2 aromatic rings. The summed E-state index contributed by atoms with van der Waals surface area (Å²) in [4.78, 5) is 21.7. The van der Waals surface area contributed by atoms with Gasteiger partial charge < -0.3 is 10.2 Å². The number of halogens is 1. The van der Waals surface area contributed by atoms with E-state index < -0.39 is 39.3 Å². The summed E-state index contributed by atoms with van der Waals surface area (Å²) in [5, 5.41) is 29.3. The molecule has 0 radical (unpaired) electrons. The predicted octanol–water partition coefficient (Wildman–Crippen LogP) is 2.38. The van der Waals surface area contributed by atoms with Crippen molar-refractivity contribution in [2.75, 3.05) is 0 Å². The van der Waals surface area contributed by atoms with Crippen molar-refractivity contribution >= 4 is 11.5 Å². The first-order valence-electron chi connectivity index (χ1n) is 5.42. The molecule has 0 heterocycles. The number of carbonyl (C=O) groups excluding carboxylic acids is 1. The molecule has 2 rings (SSSR count). The normalized spacial score (nSPS) is 10.2. The van der Waals surface area contributed by atoms with Crippen molar-refractivity contribution in [1.29, 1.82) is 0 Å². The third-order valence-electron chi connectivity index (χ3n) is 2.67. The second-order valence-electron chi connectivity index (χ2n) is 3.91. The van der Waals surface area contributed by atoms with E-state index in [2.05, 4.69) is 0 Å². The van der Waals surface area contributed by atoms with Crippen LogP contribution < -0.4 is 0 Å². The zero-order valence-electron chi connectivity index (χ0n) is 9.91. The van der Waals surface area contributed by atoms with Crippen molar-refractivity contribution < 1.29 is 24.3 Å². The van der Waals surface area contributed by atoms with Gasteiger partial charge in [0.05, 0.1) is 10.5 Å². The van der Waals surface area contributed by atoms with Crippen LogP contribution in [0.1, 0.15) is 15.9 Å². The third kappa shape index (κ3) is 2.16. The van der Waals surface area contributed by atoms with E-state index in [0.29, 0.717) is 6.07 Å². The third-order valence-corrected chi connectivity index (χ3v) is 2.67. The highest BCUT2D eigenvalue weighted by Crippen LogP contribution is 2.39. The number of nitro benzene ring substituents is 1. The van der Waals surface area contributed by atoms with Crippen LogP contribution in [0, 0.1) is 15.9 Å². The van der Waals surface area contributed by atoms with Gasteiger partial charge in [-0.3, -0.25) is 14.9 Å². The highest BCUT2D eigenvalue weighted by Gasteiger charge is 2.27. The predicted molar refractivity (Wildman–Crippen MR) is 66.3 cm³/mol. The SMILES string of the molecule is O=C(c1ccccc1)c1cc([N+](=O)[O-])c(O)c(O)c1F. The van der Waals surface area contributed by atoms with Gasteiger partial charge in [0.1, 0.15) is 0 Å². The average molecular weight is 277 g/mol. The van der Waals surface area contributed by atoms with E-state index in [9.17, 15) is 29.5 Å². The molecule has 0 fully saturated rings. The van der Waals surface area contributed by atoms with E-state index >= 15 is 0 Å². The first-order valence-corrected chi connectivity index (χ1v) is 5.42. The van der Waals surface area contributed by atoms with Gasteiger partial charge in [0.15, 0.2) is 11.6 Å². The smallest absolute Gasteiger partial charge is 0.315 e. The molecule has 0 aliphatic heterocycles. The van der Waals surface area contributed by atoms with Crippen molar-refractivity contribution in [3.05, 3.63) is 63.5 Å². The lowest BCUT2D eigenvalue weighted by Crippen LogP contribution is -2.06. The van der Waals surface area contributed by atoms with Crippen LogP contribution in [-0.2, 0) is 0 Å². The second kappa shape index (κ2) is 4.96. The molecule has 0 atom stereocenters. The highest BCUT2D eigenvalue weighted by molar-refractivity contribution is 6.10. The number of hydrogen-bond acceptors (Lipinski definition) is 5. The number of phenolic OH excluding ortho intramolecular Hbond substituents is 2. The number of rotatable bonds is 3. The maximum atomic E-state index is 13.8. The molecule has 2 aromatic carbocycles. The Hall–Kier alpha value is -2.96. The molecular formula is C13H8FNO5. The van der Waals surface area contributed by atoms with E-state index in [0.717, 1.165) is 0 Å². The Kier molecular flexibility index (Phi) is 3.34. The summed E-state index contributed by atoms with van der Waals surface area (Å²) in [6, 6.07) is 8.12. The minimum absolute atomic E-state index is 0.103. The lowest BCUT2D eigenvalue weighted by Gasteiger charge is -2.06. The maximum Gasteiger partial charge on any atom is 0.315 e. The molecule has 0 aromatic heterocycles. The summed E-state index contributed by atoms with van der Waals surface area (Å²) < 4.78 is 13.8. The van der Waals surface area contributed by atoms with Crippen LogP contribution in [0.15, 0.2) is 36.4 Å². The lowest BCUT2D eigenvalue weighted by molar-refractivity contribution is -0.386. The molecule has 7 heteroatoms. The van der Waals surface area contributed by atoms with Crippen molar-refractivity contribution in [2.45, 2.75) is 0 Å². The van der Waals surface area contributed by atoms with Crippen LogP contribution in [0.25, 0.3) is 0 Å². The molecule has 0 amide bonds. The van der Waals surface area contributed by atoms with Gasteiger partial charge in [0.25, 0.3) is 0 Å². The topological polar surface area (TPSA) is 101 Å². The molecule has 6 nitrogen and oxygen atoms in total. The van der Waals surface area contributed by atoms with Gasteiger partial charge in [-0.1, -0.05) is 30.3 Å². The van der Waals surface area contributed by atoms with Crippen LogP contribution in [0.3, 0.4) is 0 Å². The van der Waals surface area contributed by atoms with Gasteiger partial charge in [-0.05, 0) is 0 Å². The number of aromatic hydroxyl groups is 2. The van der Waals surface area contributed by atoms with Gasteiger partial charge in [-0.25, -0.2) is 4.39 Å². The Morgan fingerprint density at radius 3 is 2.30 bits per heavy atom. The number of hydrogen-bond donors (Lipinski definition) is 2. The number of phenols is 2. The average Bonchev–Trinajstić information content (AvgIpc) is 2.45. The van der Waals surface area contributed by atoms with Crippen molar-refractivity contribution in [2.24, 2.45) is 0 Å². The largest absolute Gasteiger partial charge is 0.502 e. The van der Waals surface area contributed by atoms with Crippen LogP contribution in [0.2, 0.25) is 0 Å². The molecule has 2 N–H and O–H groups in total.